The highest BCUT2D eigenvalue weighted by atomic mass is 15.2. The van der Waals surface area contributed by atoms with Crippen LogP contribution < -0.4 is 26.2 Å². The highest BCUT2D eigenvalue weighted by Gasteiger charge is 2.47. The lowest BCUT2D eigenvalue weighted by atomic mass is 9.33. The molecule has 0 N–H and O–H groups in total. The SMILES string of the molecule is CC(C)(C)c1cccc(-c2cc(C(C)(C)C)cc(-c3cccc(C(C)(C)C)c3)c2N2c3cc(-c4ccccc4)ccc3B3c4cc(-c5ccccc5)c(C(C)(C)C)cc4N(c4c(-c5cccc(C(C)(C)C)c5)cc(C(C)(C)C)cc4-c4cccc(C(C)(C)C)c4)c4cc(C(C)(C)C)cc2c43)c1. The summed E-state index contributed by atoms with van der Waals surface area (Å²) in [5.41, 5.74) is 34.4. The highest BCUT2D eigenvalue weighted by molar-refractivity contribution is 7.00. The van der Waals surface area contributed by atoms with Crippen LogP contribution in [0.25, 0.3) is 66.8 Å². The molecule has 0 aromatic heterocycles. The Morgan fingerprint density at radius 2 is 0.525 bits per heavy atom. The molecule has 0 atom stereocenters. The van der Waals surface area contributed by atoms with Gasteiger partial charge in [-0.2, -0.15) is 0 Å². The van der Waals surface area contributed by atoms with E-state index in [1.165, 1.54) is 162 Å². The summed E-state index contributed by atoms with van der Waals surface area (Å²) in [5, 5.41) is 0. The van der Waals surface area contributed by atoms with Gasteiger partial charge >= 0.3 is 0 Å². The highest BCUT2D eigenvalue weighted by Crippen LogP contribution is 2.57. The number of hydrogen-bond donors (Lipinski definition) is 0. The molecule has 2 aliphatic heterocycles. The molecule has 0 unspecified atom stereocenters. The molecule has 2 heterocycles. The maximum absolute atomic E-state index is 2.81. The maximum atomic E-state index is 2.81. The molecule has 101 heavy (non-hydrogen) atoms. The van der Waals surface area contributed by atoms with Crippen molar-refractivity contribution in [3.8, 4) is 66.8 Å². The van der Waals surface area contributed by atoms with Crippen molar-refractivity contribution in [3.63, 3.8) is 0 Å². The summed E-state index contributed by atoms with van der Waals surface area (Å²) in [7, 11) is 0. The number of hydrogen-bond acceptors (Lipinski definition) is 2. The van der Waals surface area contributed by atoms with Crippen LogP contribution in [0.5, 0.6) is 0 Å². The van der Waals surface area contributed by atoms with Gasteiger partial charge in [-0.25, -0.2) is 0 Å². The summed E-state index contributed by atoms with van der Waals surface area (Å²) < 4.78 is 0. The van der Waals surface area contributed by atoms with Gasteiger partial charge in [-0.05, 0) is 197 Å². The molecule has 0 bridgehead atoms. The first-order valence-electron chi connectivity index (χ1n) is 37.2. The van der Waals surface area contributed by atoms with Gasteiger partial charge in [0.25, 0.3) is 6.71 Å². The van der Waals surface area contributed by atoms with Crippen LogP contribution in [0.1, 0.15) is 211 Å². The molecular formula is C98H109BN2. The minimum Gasteiger partial charge on any atom is -0.310 e. The Kier molecular flexibility index (Phi) is 17.4. The van der Waals surface area contributed by atoms with E-state index in [2.05, 4.69) is 400 Å². The first-order chi connectivity index (χ1) is 47.1. The molecule has 11 aromatic rings. The zero-order valence-electron chi connectivity index (χ0n) is 65.3. The van der Waals surface area contributed by atoms with E-state index in [0.717, 1.165) is 0 Å². The lowest BCUT2D eigenvalue weighted by molar-refractivity contribution is 0.589. The van der Waals surface area contributed by atoms with Crippen LogP contribution in [-0.2, 0) is 43.3 Å². The van der Waals surface area contributed by atoms with Gasteiger partial charge in [0.05, 0.1) is 11.4 Å². The van der Waals surface area contributed by atoms with Gasteiger partial charge < -0.3 is 9.80 Å². The third kappa shape index (κ3) is 13.4. The van der Waals surface area contributed by atoms with E-state index in [0.29, 0.717) is 0 Å². The van der Waals surface area contributed by atoms with Crippen molar-refractivity contribution in [3.05, 3.63) is 269 Å². The summed E-state index contributed by atoms with van der Waals surface area (Å²) in [6, 6.07) is 88.8. The monoisotopic (exact) mass is 1320 g/mol. The van der Waals surface area contributed by atoms with E-state index in [9.17, 15) is 0 Å². The molecule has 11 aromatic carbocycles. The normalized spacial score (nSPS) is 13.7. The lowest BCUT2D eigenvalue weighted by Crippen LogP contribution is -2.61. The molecule has 514 valence electrons. The van der Waals surface area contributed by atoms with Crippen molar-refractivity contribution < 1.29 is 0 Å². The van der Waals surface area contributed by atoms with Crippen LogP contribution in [-0.4, -0.2) is 6.71 Å². The molecule has 0 saturated carbocycles. The molecule has 2 nitrogen and oxygen atoms in total. The van der Waals surface area contributed by atoms with E-state index in [-0.39, 0.29) is 50.0 Å². The van der Waals surface area contributed by atoms with Gasteiger partial charge in [-0.15, -0.1) is 0 Å². The second-order valence-electron chi connectivity index (χ2n) is 37.7. The standard InChI is InChI=1S/C98H109BN2/c1-91(2,3)69-43-31-39-65(49-69)77-54-73(95(13,14)15)55-78(66-40-32-44-70(50-66)92(4,5)6)89(77)100-84-53-64(62-35-27-25-28-36-62)47-48-82(84)99-83-60-76(63-37-29-26-30-38-63)81(98(22,23)24)61-85(83)101(87-59-75(97(19,20)21)58-86(100)88(87)99)90-79(67-41-33-45-71(51-67)93(7,8)9)56-74(96(16,17)18)57-80(90)68-42-34-46-72(52-68)94(10,11)12/h25-61H,1-24H3. The number of anilines is 6. The van der Waals surface area contributed by atoms with Crippen LogP contribution in [0, 0.1) is 0 Å². The fraction of sp³-hybridized carbons (Fsp3) is 0.327. The van der Waals surface area contributed by atoms with Crippen molar-refractivity contribution in [1.82, 2.24) is 0 Å². The molecule has 0 aliphatic carbocycles. The van der Waals surface area contributed by atoms with Gasteiger partial charge in [-0.3, -0.25) is 0 Å². The summed E-state index contributed by atoms with van der Waals surface area (Å²) >= 11 is 0. The van der Waals surface area contributed by atoms with Crippen molar-refractivity contribution in [2.24, 2.45) is 0 Å². The van der Waals surface area contributed by atoms with E-state index in [4.69, 9.17) is 0 Å². The van der Waals surface area contributed by atoms with Crippen LogP contribution in [0.4, 0.5) is 34.1 Å². The molecule has 0 amide bonds. The van der Waals surface area contributed by atoms with E-state index in [1.807, 2.05) is 0 Å². The summed E-state index contributed by atoms with van der Waals surface area (Å²) in [6.45, 7) is 56.9. The van der Waals surface area contributed by atoms with E-state index >= 15 is 0 Å². The topological polar surface area (TPSA) is 6.48 Å². The molecule has 3 heteroatoms. The largest absolute Gasteiger partial charge is 0.310 e. The zero-order valence-corrected chi connectivity index (χ0v) is 65.3. The van der Waals surface area contributed by atoms with Gasteiger partial charge in [-0.1, -0.05) is 342 Å². The summed E-state index contributed by atoms with van der Waals surface area (Å²) in [6.07, 6.45) is 0. The number of nitrogens with zero attached hydrogens (tertiary/aromatic N) is 2. The zero-order chi connectivity index (χ0) is 72.6. The maximum Gasteiger partial charge on any atom is 0.252 e. The molecule has 0 fully saturated rings. The second-order valence-corrected chi connectivity index (χ2v) is 37.7. The molecule has 0 saturated heterocycles. The third-order valence-electron chi connectivity index (χ3n) is 21.6. The Hall–Kier alpha value is -8.92. The summed E-state index contributed by atoms with van der Waals surface area (Å²) in [5.74, 6) is 0. The van der Waals surface area contributed by atoms with Crippen molar-refractivity contribution in [2.75, 3.05) is 9.80 Å². The van der Waals surface area contributed by atoms with Crippen LogP contribution in [0.15, 0.2) is 224 Å². The predicted octanol–water partition coefficient (Wildman–Crippen LogP) is 26.2. The number of rotatable bonds is 8. The molecule has 13 rings (SSSR count). The Morgan fingerprint density at radius 1 is 0.208 bits per heavy atom. The fourth-order valence-corrected chi connectivity index (χ4v) is 15.4. The van der Waals surface area contributed by atoms with Gasteiger partial charge in [0.15, 0.2) is 0 Å². The van der Waals surface area contributed by atoms with Crippen molar-refractivity contribution in [1.29, 1.82) is 0 Å². The Labute approximate surface area is 608 Å². The van der Waals surface area contributed by atoms with Crippen molar-refractivity contribution in [2.45, 2.75) is 209 Å². The Balaban J connectivity index is 1.30. The number of benzene rings is 11. The van der Waals surface area contributed by atoms with Gasteiger partial charge in [0.2, 0.25) is 0 Å². The van der Waals surface area contributed by atoms with Crippen molar-refractivity contribution >= 4 is 57.2 Å². The molecule has 2 aliphatic rings. The average molecular weight is 1330 g/mol. The minimum atomic E-state index is -0.313. The second kappa shape index (κ2) is 25.0. The first kappa shape index (κ1) is 70.5. The Morgan fingerprint density at radius 3 is 0.861 bits per heavy atom. The van der Waals surface area contributed by atoms with Crippen LogP contribution >= 0.6 is 0 Å². The average Bonchev–Trinajstić information content (AvgIpc) is 0.684. The van der Waals surface area contributed by atoms with Gasteiger partial charge in [0.1, 0.15) is 0 Å². The van der Waals surface area contributed by atoms with Gasteiger partial charge in [0, 0.05) is 45.0 Å². The summed E-state index contributed by atoms with van der Waals surface area (Å²) in [4.78, 5) is 5.59. The van der Waals surface area contributed by atoms with Crippen LogP contribution in [0.3, 0.4) is 0 Å². The quantitative estimate of drug-likeness (QED) is 0.140. The number of fused-ring (bicyclic) bond motifs is 4. The third-order valence-corrected chi connectivity index (χ3v) is 21.6. The smallest absolute Gasteiger partial charge is 0.252 e. The van der Waals surface area contributed by atoms with Crippen LogP contribution in [0.2, 0.25) is 0 Å². The first-order valence-corrected chi connectivity index (χ1v) is 37.2. The Bertz CT molecular complexity index is 4840. The lowest BCUT2D eigenvalue weighted by Gasteiger charge is -2.47. The fourth-order valence-electron chi connectivity index (χ4n) is 15.4. The molecular weight excluding hydrogens is 1220 g/mol. The van der Waals surface area contributed by atoms with E-state index in [1.54, 1.807) is 0 Å². The molecule has 0 radical (unpaired) electrons. The predicted molar refractivity (Wildman–Crippen MR) is 443 cm³/mol. The van der Waals surface area contributed by atoms with E-state index < -0.39 is 0 Å². The minimum absolute atomic E-state index is 0.107. The molecule has 0 spiro atoms.